The number of anilines is 1. The van der Waals surface area contributed by atoms with Gasteiger partial charge in [-0.15, -0.1) is 0 Å². The van der Waals surface area contributed by atoms with Crippen LogP contribution in [-0.4, -0.2) is 25.9 Å². The normalized spacial score (nSPS) is 23.1. The molecule has 0 bridgehead atoms. The van der Waals surface area contributed by atoms with Crippen molar-refractivity contribution in [3.05, 3.63) is 24.3 Å². The van der Waals surface area contributed by atoms with Gasteiger partial charge in [-0.3, -0.25) is 0 Å². The van der Waals surface area contributed by atoms with E-state index in [4.69, 9.17) is 9.47 Å². The predicted molar refractivity (Wildman–Crippen MR) is 78.9 cm³/mol. The Morgan fingerprint density at radius 1 is 1.26 bits per heavy atom. The Bertz CT molecular complexity index is 381. The van der Waals surface area contributed by atoms with Crippen molar-refractivity contribution in [2.45, 2.75) is 51.2 Å². The van der Waals surface area contributed by atoms with E-state index in [-0.39, 0.29) is 0 Å². The SMILES string of the molecule is CCCOc1cccc(NC2CCCCC2OC)c1. The number of rotatable bonds is 6. The van der Waals surface area contributed by atoms with Gasteiger partial charge in [0.25, 0.3) is 0 Å². The maximum Gasteiger partial charge on any atom is 0.121 e. The molecule has 2 atom stereocenters. The van der Waals surface area contributed by atoms with Crippen LogP contribution < -0.4 is 10.1 Å². The highest BCUT2D eigenvalue weighted by molar-refractivity contribution is 5.49. The lowest BCUT2D eigenvalue weighted by Gasteiger charge is -2.31. The minimum absolute atomic E-state index is 0.328. The van der Waals surface area contributed by atoms with Gasteiger partial charge >= 0.3 is 0 Å². The number of ether oxygens (including phenoxy) is 2. The van der Waals surface area contributed by atoms with Gasteiger partial charge in [-0.1, -0.05) is 25.8 Å². The Balaban J connectivity index is 1.97. The number of methoxy groups -OCH3 is 1. The minimum Gasteiger partial charge on any atom is -0.494 e. The average molecular weight is 263 g/mol. The molecule has 1 aliphatic rings. The van der Waals surface area contributed by atoms with Crippen LogP contribution in [0.3, 0.4) is 0 Å². The molecule has 3 heteroatoms. The molecule has 0 heterocycles. The summed E-state index contributed by atoms with van der Waals surface area (Å²) in [6, 6.07) is 8.64. The summed E-state index contributed by atoms with van der Waals surface area (Å²) in [5, 5.41) is 3.59. The van der Waals surface area contributed by atoms with E-state index in [1.807, 2.05) is 19.2 Å². The summed E-state index contributed by atoms with van der Waals surface area (Å²) in [4.78, 5) is 0. The highest BCUT2D eigenvalue weighted by atomic mass is 16.5. The fraction of sp³-hybridized carbons (Fsp3) is 0.625. The van der Waals surface area contributed by atoms with Crippen LogP contribution >= 0.6 is 0 Å². The third-order valence-electron chi connectivity index (χ3n) is 3.66. The molecular formula is C16H25NO2. The molecule has 1 aromatic carbocycles. The number of nitrogens with one attached hydrogen (secondary N) is 1. The van der Waals surface area contributed by atoms with Crippen molar-refractivity contribution >= 4 is 5.69 Å². The van der Waals surface area contributed by atoms with Crippen molar-refractivity contribution in [1.29, 1.82) is 0 Å². The standard InChI is InChI=1S/C16H25NO2/c1-3-11-19-14-8-6-7-13(12-14)17-15-9-4-5-10-16(15)18-2/h6-8,12,15-17H,3-5,9-11H2,1-2H3. The molecule has 0 amide bonds. The fourth-order valence-electron chi connectivity index (χ4n) is 2.65. The summed E-state index contributed by atoms with van der Waals surface area (Å²) in [6.45, 7) is 2.89. The van der Waals surface area contributed by atoms with Crippen molar-refractivity contribution in [1.82, 2.24) is 0 Å². The zero-order valence-electron chi connectivity index (χ0n) is 12.0. The van der Waals surface area contributed by atoms with E-state index in [9.17, 15) is 0 Å². The molecule has 0 aromatic heterocycles. The van der Waals surface area contributed by atoms with Gasteiger partial charge in [-0.25, -0.2) is 0 Å². The molecule has 0 radical (unpaired) electrons. The van der Waals surface area contributed by atoms with Gasteiger partial charge in [-0.2, -0.15) is 0 Å². The number of hydrogen-bond donors (Lipinski definition) is 1. The van der Waals surface area contributed by atoms with Crippen LogP contribution in [0, 0.1) is 0 Å². The molecule has 0 aliphatic heterocycles. The van der Waals surface area contributed by atoms with Crippen LogP contribution in [0.25, 0.3) is 0 Å². The monoisotopic (exact) mass is 263 g/mol. The lowest BCUT2D eigenvalue weighted by Crippen LogP contribution is -2.37. The zero-order valence-corrected chi connectivity index (χ0v) is 12.0. The number of benzene rings is 1. The molecule has 2 unspecified atom stereocenters. The third kappa shape index (κ3) is 4.13. The van der Waals surface area contributed by atoms with Crippen LogP contribution in [0.5, 0.6) is 5.75 Å². The zero-order chi connectivity index (χ0) is 13.5. The quantitative estimate of drug-likeness (QED) is 0.845. The maximum absolute atomic E-state index is 5.67. The molecule has 3 nitrogen and oxygen atoms in total. The van der Waals surface area contributed by atoms with Crippen molar-refractivity contribution in [2.75, 3.05) is 19.0 Å². The van der Waals surface area contributed by atoms with Gasteiger partial charge in [0, 0.05) is 18.9 Å². The predicted octanol–water partition coefficient (Wildman–Crippen LogP) is 3.84. The van der Waals surface area contributed by atoms with Gasteiger partial charge in [0.1, 0.15) is 5.75 Å². The second-order valence-corrected chi connectivity index (χ2v) is 5.19. The van der Waals surface area contributed by atoms with Gasteiger partial charge in [0.05, 0.1) is 18.8 Å². The van der Waals surface area contributed by atoms with E-state index in [0.717, 1.165) is 30.9 Å². The molecule has 0 spiro atoms. The molecule has 106 valence electrons. The van der Waals surface area contributed by atoms with E-state index in [0.29, 0.717) is 12.1 Å². The van der Waals surface area contributed by atoms with Crippen LogP contribution in [0.1, 0.15) is 39.0 Å². The smallest absolute Gasteiger partial charge is 0.121 e. The van der Waals surface area contributed by atoms with Gasteiger partial charge in [0.2, 0.25) is 0 Å². The summed E-state index contributed by atoms with van der Waals surface area (Å²) in [6.07, 6.45) is 6.25. The summed E-state index contributed by atoms with van der Waals surface area (Å²) in [5.74, 6) is 0.941. The maximum atomic E-state index is 5.67. The topological polar surface area (TPSA) is 30.5 Å². The first-order valence-corrected chi connectivity index (χ1v) is 7.35. The second-order valence-electron chi connectivity index (χ2n) is 5.19. The van der Waals surface area contributed by atoms with Crippen LogP contribution in [0.4, 0.5) is 5.69 Å². The molecule has 1 aliphatic carbocycles. The van der Waals surface area contributed by atoms with Gasteiger partial charge in [-0.05, 0) is 31.4 Å². The number of hydrogen-bond acceptors (Lipinski definition) is 3. The first-order valence-electron chi connectivity index (χ1n) is 7.35. The molecule has 1 fully saturated rings. The van der Waals surface area contributed by atoms with Gasteiger partial charge < -0.3 is 14.8 Å². The van der Waals surface area contributed by atoms with E-state index in [2.05, 4.69) is 24.4 Å². The molecular weight excluding hydrogens is 238 g/mol. The average Bonchev–Trinajstić information content (AvgIpc) is 2.46. The Kier molecular flexibility index (Phi) is 5.52. The van der Waals surface area contributed by atoms with Crippen LogP contribution in [-0.2, 0) is 4.74 Å². The highest BCUT2D eigenvalue weighted by Gasteiger charge is 2.24. The van der Waals surface area contributed by atoms with Crippen molar-refractivity contribution < 1.29 is 9.47 Å². The molecule has 1 saturated carbocycles. The van der Waals surface area contributed by atoms with Crippen molar-refractivity contribution in [3.63, 3.8) is 0 Å². The first kappa shape index (κ1) is 14.2. The summed E-state index contributed by atoms with van der Waals surface area (Å²) >= 11 is 0. The molecule has 0 saturated heterocycles. The van der Waals surface area contributed by atoms with Crippen LogP contribution in [0.2, 0.25) is 0 Å². The lowest BCUT2D eigenvalue weighted by molar-refractivity contribution is 0.0606. The molecule has 19 heavy (non-hydrogen) atoms. The third-order valence-corrected chi connectivity index (χ3v) is 3.66. The highest BCUT2D eigenvalue weighted by Crippen LogP contribution is 2.25. The minimum atomic E-state index is 0.328. The summed E-state index contributed by atoms with van der Waals surface area (Å²) in [7, 11) is 1.81. The van der Waals surface area contributed by atoms with E-state index in [1.54, 1.807) is 0 Å². The summed E-state index contributed by atoms with van der Waals surface area (Å²) < 4.78 is 11.2. The fourth-order valence-corrected chi connectivity index (χ4v) is 2.65. The Hall–Kier alpha value is -1.22. The van der Waals surface area contributed by atoms with E-state index >= 15 is 0 Å². The second kappa shape index (κ2) is 7.39. The first-order chi connectivity index (χ1) is 9.33. The summed E-state index contributed by atoms with van der Waals surface area (Å²) in [5.41, 5.74) is 1.13. The van der Waals surface area contributed by atoms with Crippen molar-refractivity contribution in [3.8, 4) is 5.75 Å². The van der Waals surface area contributed by atoms with Crippen molar-refractivity contribution in [2.24, 2.45) is 0 Å². The van der Waals surface area contributed by atoms with E-state index < -0.39 is 0 Å². The van der Waals surface area contributed by atoms with Gasteiger partial charge in [0.15, 0.2) is 0 Å². The molecule has 1 N–H and O–H groups in total. The Morgan fingerprint density at radius 2 is 2.11 bits per heavy atom. The Morgan fingerprint density at radius 3 is 2.89 bits per heavy atom. The Labute approximate surface area is 116 Å². The largest absolute Gasteiger partial charge is 0.494 e. The lowest BCUT2D eigenvalue weighted by atomic mass is 9.92. The van der Waals surface area contributed by atoms with Crippen LogP contribution in [0.15, 0.2) is 24.3 Å². The molecule has 1 aromatic rings. The van der Waals surface area contributed by atoms with E-state index in [1.165, 1.54) is 19.3 Å². The molecule has 2 rings (SSSR count).